The van der Waals surface area contributed by atoms with Gasteiger partial charge in [-0.2, -0.15) is 0 Å². The summed E-state index contributed by atoms with van der Waals surface area (Å²) in [6.07, 6.45) is 0.831. The number of aryl methyl sites for hydroxylation is 1. The number of imidazole rings is 1. The first kappa shape index (κ1) is 23.6. The second-order valence-corrected chi connectivity index (χ2v) is 9.45. The quantitative estimate of drug-likeness (QED) is 0.452. The number of ether oxygens (including phenoxy) is 3. The van der Waals surface area contributed by atoms with Gasteiger partial charge in [-0.05, 0) is 36.8 Å². The Labute approximate surface area is 187 Å². The number of hydrogen-bond acceptors (Lipinski definition) is 7. The molecule has 0 spiro atoms. The first-order valence-electron chi connectivity index (χ1n) is 10.0. The van der Waals surface area contributed by atoms with Gasteiger partial charge in [0.25, 0.3) is 0 Å². The van der Waals surface area contributed by atoms with Gasteiger partial charge in [-0.3, -0.25) is 0 Å². The minimum atomic E-state index is -3.58. The molecule has 9 nitrogen and oxygen atoms in total. The standard InChI is InChI=1S/C22H27N3O6S/c1-6-9-25-20-8-7-18(32(27,28)24(2)3)13-19(20)23-21(25)14-31-22(26)15-10-16(29-4)12-17(11-15)30-5/h7-8,10-13H,6,9,14H2,1-5H3. The highest BCUT2D eigenvalue weighted by Crippen LogP contribution is 2.25. The lowest BCUT2D eigenvalue weighted by Gasteiger charge is -2.11. The fourth-order valence-corrected chi connectivity index (χ4v) is 4.17. The number of sulfonamides is 1. The average molecular weight is 462 g/mol. The van der Waals surface area contributed by atoms with E-state index < -0.39 is 16.0 Å². The van der Waals surface area contributed by atoms with Crippen LogP contribution in [0, 0.1) is 0 Å². The molecule has 0 bridgehead atoms. The number of carbonyl (C=O) groups is 1. The molecule has 1 heterocycles. The number of aromatic nitrogens is 2. The van der Waals surface area contributed by atoms with Crippen molar-refractivity contribution >= 4 is 27.0 Å². The van der Waals surface area contributed by atoms with Gasteiger partial charge in [-0.15, -0.1) is 0 Å². The monoisotopic (exact) mass is 461 g/mol. The number of nitrogens with zero attached hydrogens (tertiary/aromatic N) is 3. The van der Waals surface area contributed by atoms with Gasteiger partial charge in [0.1, 0.15) is 23.9 Å². The molecular weight excluding hydrogens is 434 g/mol. The lowest BCUT2D eigenvalue weighted by Crippen LogP contribution is -2.22. The first-order chi connectivity index (χ1) is 15.2. The molecule has 0 saturated heterocycles. The molecule has 172 valence electrons. The van der Waals surface area contributed by atoms with Crippen molar-refractivity contribution in [3.05, 3.63) is 47.8 Å². The Morgan fingerprint density at radius 3 is 2.28 bits per heavy atom. The van der Waals surface area contributed by atoms with Crippen LogP contribution in [0.25, 0.3) is 11.0 Å². The third-order valence-corrected chi connectivity index (χ3v) is 6.76. The zero-order valence-electron chi connectivity index (χ0n) is 18.8. The molecular formula is C22H27N3O6S. The van der Waals surface area contributed by atoms with Crippen LogP contribution in [-0.2, 0) is 27.9 Å². The van der Waals surface area contributed by atoms with Crippen molar-refractivity contribution in [2.24, 2.45) is 0 Å². The SMILES string of the molecule is CCCn1c(COC(=O)c2cc(OC)cc(OC)c2)nc2cc(S(=O)(=O)N(C)C)ccc21. The largest absolute Gasteiger partial charge is 0.497 e. The minimum absolute atomic E-state index is 0.0667. The van der Waals surface area contributed by atoms with E-state index in [1.807, 2.05) is 11.5 Å². The van der Waals surface area contributed by atoms with E-state index in [9.17, 15) is 13.2 Å². The number of fused-ring (bicyclic) bond motifs is 1. The lowest BCUT2D eigenvalue weighted by molar-refractivity contribution is 0.0457. The fraction of sp³-hybridized carbons (Fsp3) is 0.364. The summed E-state index contributed by atoms with van der Waals surface area (Å²) >= 11 is 0. The van der Waals surface area contributed by atoms with E-state index in [4.69, 9.17) is 14.2 Å². The summed E-state index contributed by atoms with van der Waals surface area (Å²) in [5.41, 5.74) is 1.59. The second-order valence-electron chi connectivity index (χ2n) is 7.30. The first-order valence-corrected chi connectivity index (χ1v) is 11.5. The van der Waals surface area contributed by atoms with Gasteiger partial charge in [0, 0.05) is 26.7 Å². The molecule has 0 atom stereocenters. The van der Waals surface area contributed by atoms with Gasteiger partial charge < -0.3 is 18.8 Å². The van der Waals surface area contributed by atoms with Crippen molar-refractivity contribution in [2.45, 2.75) is 31.4 Å². The molecule has 1 aromatic heterocycles. The van der Waals surface area contributed by atoms with Gasteiger partial charge in [-0.1, -0.05) is 6.92 Å². The van der Waals surface area contributed by atoms with Gasteiger partial charge in [0.15, 0.2) is 0 Å². The molecule has 2 aromatic carbocycles. The number of esters is 1. The smallest absolute Gasteiger partial charge is 0.338 e. The molecule has 0 aliphatic heterocycles. The summed E-state index contributed by atoms with van der Waals surface area (Å²) < 4.78 is 43.9. The van der Waals surface area contributed by atoms with Crippen LogP contribution in [0.1, 0.15) is 29.5 Å². The molecule has 32 heavy (non-hydrogen) atoms. The minimum Gasteiger partial charge on any atom is -0.497 e. The molecule has 0 N–H and O–H groups in total. The summed E-state index contributed by atoms with van der Waals surface area (Å²) in [6, 6.07) is 9.62. The van der Waals surface area contributed by atoms with Crippen LogP contribution in [0.3, 0.4) is 0 Å². The Hall–Kier alpha value is -3.11. The summed E-state index contributed by atoms with van der Waals surface area (Å²) in [6.45, 7) is 2.61. The zero-order valence-corrected chi connectivity index (χ0v) is 19.6. The Kier molecular flexibility index (Phi) is 7.05. The van der Waals surface area contributed by atoms with Crippen LogP contribution >= 0.6 is 0 Å². The predicted molar refractivity (Wildman–Crippen MR) is 120 cm³/mol. The normalized spacial score (nSPS) is 11.7. The molecule has 0 saturated carbocycles. The van der Waals surface area contributed by atoms with Gasteiger partial charge in [0.05, 0.1) is 35.7 Å². The highest BCUT2D eigenvalue weighted by atomic mass is 32.2. The Balaban J connectivity index is 1.91. The van der Waals surface area contributed by atoms with Gasteiger partial charge in [-0.25, -0.2) is 22.5 Å². The number of benzene rings is 2. The van der Waals surface area contributed by atoms with Crippen molar-refractivity contribution in [1.82, 2.24) is 13.9 Å². The highest BCUT2D eigenvalue weighted by Gasteiger charge is 2.20. The van der Waals surface area contributed by atoms with Gasteiger partial charge in [0.2, 0.25) is 10.0 Å². The van der Waals surface area contributed by atoms with E-state index >= 15 is 0 Å². The molecule has 0 aliphatic carbocycles. The molecule has 0 fully saturated rings. The van der Waals surface area contributed by atoms with Crippen molar-refractivity contribution in [1.29, 1.82) is 0 Å². The van der Waals surface area contributed by atoms with Crippen molar-refractivity contribution < 1.29 is 27.4 Å². The van der Waals surface area contributed by atoms with E-state index in [1.54, 1.807) is 30.3 Å². The summed E-state index contributed by atoms with van der Waals surface area (Å²) in [7, 11) is 2.38. The van der Waals surface area contributed by atoms with Crippen LogP contribution in [0.4, 0.5) is 0 Å². The number of carbonyl (C=O) groups excluding carboxylic acids is 1. The molecule has 0 aliphatic rings. The maximum Gasteiger partial charge on any atom is 0.338 e. The third kappa shape index (κ3) is 4.71. The Morgan fingerprint density at radius 1 is 1.06 bits per heavy atom. The van der Waals surface area contributed by atoms with Crippen LogP contribution in [0.15, 0.2) is 41.3 Å². The molecule has 3 rings (SSSR count). The average Bonchev–Trinajstić information content (AvgIpc) is 3.13. The number of methoxy groups -OCH3 is 2. The van der Waals surface area contributed by atoms with Crippen LogP contribution in [0.2, 0.25) is 0 Å². The van der Waals surface area contributed by atoms with E-state index in [2.05, 4.69) is 4.98 Å². The van der Waals surface area contributed by atoms with E-state index in [0.29, 0.717) is 34.9 Å². The summed E-state index contributed by atoms with van der Waals surface area (Å²) in [4.78, 5) is 17.4. The topological polar surface area (TPSA) is 100.0 Å². The maximum absolute atomic E-state index is 12.6. The van der Waals surface area contributed by atoms with E-state index in [-0.39, 0.29) is 11.5 Å². The second kappa shape index (κ2) is 9.58. The van der Waals surface area contributed by atoms with Crippen LogP contribution < -0.4 is 9.47 Å². The van der Waals surface area contributed by atoms with Crippen molar-refractivity contribution in [3.8, 4) is 11.5 Å². The molecule has 0 radical (unpaired) electrons. The summed E-state index contributed by atoms with van der Waals surface area (Å²) in [5, 5.41) is 0. The number of rotatable bonds is 9. The molecule has 3 aromatic rings. The number of hydrogen-bond donors (Lipinski definition) is 0. The van der Waals surface area contributed by atoms with Crippen molar-refractivity contribution in [2.75, 3.05) is 28.3 Å². The lowest BCUT2D eigenvalue weighted by atomic mass is 10.2. The Morgan fingerprint density at radius 2 is 1.72 bits per heavy atom. The van der Waals surface area contributed by atoms with E-state index in [0.717, 1.165) is 16.2 Å². The van der Waals surface area contributed by atoms with Crippen LogP contribution in [-0.4, -0.2) is 56.6 Å². The van der Waals surface area contributed by atoms with E-state index in [1.165, 1.54) is 34.4 Å². The third-order valence-electron chi connectivity index (χ3n) is 4.94. The maximum atomic E-state index is 12.6. The van der Waals surface area contributed by atoms with Gasteiger partial charge >= 0.3 is 5.97 Å². The highest BCUT2D eigenvalue weighted by molar-refractivity contribution is 7.89. The summed E-state index contributed by atoms with van der Waals surface area (Å²) in [5.74, 6) is 0.936. The van der Waals surface area contributed by atoms with Crippen LogP contribution in [0.5, 0.6) is 11.5 Å². The predicted octanol–water partition coefficient (Wildman–Crippen LogP) is 3.07. The molecule has 10 heteroatoms. The Bertz CT molecular complexity index is 1210. The molecule has 0 unspecified atom stereocenters. The fourth-order valence-electron chi connectivity index (χ4n) is 3.25. The van der Waals surface area contributed by atoms with Crippen molar-refractivity contribution in [3.63, 3.8) is 0 Å². The zero-order chi connectivity index (χ0) is 23.5. The molecule has 0 amide bonds.